The molecule has 2 aromatic carbocycles. The number of rotatable bonds is 6. The van der Waals surface area contributed by atoms with Gasteiger partial charge in [-0.2, -0.15) is 0 Å². The Morgan fingerprint density at radius 1 is 1.00 bits per heavy atom. The smallest absolute Gasteiger partial charge is 0.121 e. The standard InChI is InChI=1S/C22H24N2O/c25-17-7-14-23-18-24-15-12-21(13-16-24)22(19-8-3-1-4-9-19)20-10-5-2-6-11-20/h1-11,18,21-22H,12-16H2. The molecule has 0 bridgehead atoms. The molecule has 0 amide bonds. The molecule has 128 valence electrons. The van der Waals surface area contributed by atoms with Crippen molar-refractivity contribution in [3.8, 4) is 0 Å². The lowest BCUT2D eigenvalue weighted by Gasteiger charge is -2.36. The van der Waals surface area contributed by atoms with Crippen molar-refractivity contribution >= 4 is 12.3 Å². The van der Waals surface area contributed by atoms with Crippen LogP contribution in [0.25, 0.3) is 0 Å². The number of aliphatic imine (C=N–C) groups is 1. The molecular weight excluding hydrogens is 308 g/mol. The average molecular weight is 332 g/mol. The Hall–Kier alpha value is -2.64. The van der Waals surface area contributed by atoms with Crippen LogP contribution in [-0.4, -0.2) is 36.8 Å². The van der Waals surface area contributed by atoms with Gasteiger partial charge < -0.3 is 4.90 Å². The molecule has 2 aromatic rings. The molecular formula is C22H24N2O. The van der Waals surface area contributed by atoms with E-state index in [1.165, 1.54) is 17.2 Å². The molecule has 3 rings (SSSR count). The van der Waals surface area contributed by atoms with Crippen LogP contribution in [0, 0.1) is 5.92 Å². The van der Waals surface area contributed by atoms with E-state index in [0.29, 0.717) is 18.4 Å². The first-order valence-electron chi connectivity index (χ1n) is 8.91. The Morgan fingerprint density at radius 2 is 1.56 bits per heavy atom. The Labute approximate surface area is 149 Å². The second-order valence-corrected chi connectivity index (χ2v) is 6.48. The fraction of sp³-hybridized carbons (Fsp3) is 0.318. The van der Waals surface area contributed by atoms with E-state index < -0.39 is 0 Å². The van der Waals surface area contributed by atoms with E-state index in [9.17, 15) is 4.79 Å². The number of hydrogen-bond acceptors (Lipinski definition) is 2. The van der Waals surface area contributed by atoms with Crippen LogP contribution in [0.2, 0.25) is 0 Å². The van der Waals surface area contributed by atoms with Gasteiger partial charge in [-0.05, 0) is 29.9 Å². The molecule has 0 radical (unpaired) electrons. The summed E-state index contributed by atoms with van der Waals surface area (Å²) in [5.74, 6) is 2.83. The fourth-order valence-electron chi connectivity index (χ4n) is 3.68. The van der Waals surface area contributed by atoms with Gasteiger partial charge in [0, 0.05) is 25.1 Å². The lowest BCUT2D eigenvalue weighted by atomic mass is 9.76. The Balaban J connectivity index is 1.71. The van der Waals surface area contributed by atoms with E-state index in [1.807, 2.05) is 6.34 Å². The van der Waals surface area contributed by atoms with E-state index >= 15 is 0 Å². The molecule has 1 aliphatic heterocycles. The minimum atomic E-state index is 0.417. The highest BCUT2D eigenvalue weighted by Crippen LogP contribution is 2.37. The Morgan fingerprint density at radius 3 is 2.08 bits per heavy atom. The van der Waals surface area contributed by atoms with Gasteiger partial charge in [-0.1, -0.05) is 60.7 Å². The summed E-state index contributed by atoms with van der Waals surface area (Å²) in [5.41, 5.74) is 2.80. The number of likely N-dealkylation sites (tertiary alicyclic amines) is 1. The summed E-state index contributed by atoms with van der Waals surface area (Å²) >= 11 is 0. The van der Waals surface area contributed by atoms with Gasteiger partial charge in [-0.3, -0.25) is 4.99 Å². The molecule has 0 N–H and O–H groups in total. The van der Waals surface area contributed by atoms with Gasteiger partial charge in [-0.15, -0.1) is 0 Å². The normalized spacial score (nSPS) is 15.5. The van der Waals surface area contributed by atoms with E-state index in [4.69, 9.17) is 0 Å². The van der Waals surface area contributed by atoms with Gasteiger partial charge in [-0.25, -0.2) is 4.79 Å². The molecule has 1 fully saturated rings. The zero-order chi connectivity index (χ0) is 17.3. The molecule has 0 saturated carbocycles. The molecule has 0 unspecified atom stereocenters. The minimum Gasteiger partial charge on any atom is -0.363 e. The van der Waals surface area contributed by atoms with Crippen LogP contribution >= 0.6 is 0 Å². The van der Waals surface area contributed by atoms with Crippen LogP contribution < -0.4 is 0 Å². The van der Waals surface area contributed by atoms with E-state index in [1.54, 1.807) is 5.94 Å². The summed E-state index contributed by atoms with van der Waals surface area (Å²) in [4.78, 5) is 16.7. The van der Waals surface area contributed by atoms with Gasteiger partial charge >= 0.3 is 0 Å². The Bertz CT molecular complexity index is 673. The summed E-state index contributed by atoms with van der Waals surface area (Å²) < 4.78 is 0. The fourth-order valence-corrected chi connectivity index (χ4v) is 3.68. The van der Waals surface area contributed by atoms with Crippen LogP contribution in [-0.2, 0) is 4.79 Å². The first kappa shape index (κ1) is 17.2. The summed E-state index contributed by atoms with van der Waals surface area (Å²) in [5, 5.41) is 0. The van der Waals surface area contributed by atoms with Crippen molar-refractivity contribution in [2.75, 3.05) is 19.6 Å². The van der Waals surface area contributed by atoms with Gasteiger partial charge in [0.1, 0.15) is 5.94 Å². The van der Waals surface area contributed by atoms with Gasteiger partial charge in [0.05, 0.1) is 12.9 Å². The second-order valence-electron chi connectivity index (χ2n) is 6.48. The van der Waals surface area contributed by atoms with Gasteiger partial charge in [0.2, 0.25) is 0 Å². The van der Waals surface area contributed by atoms with Crippen LogP contribution in [0.5, 0.6) is 0 Å². The van der Waals surface area contributed by atoms with Crippen molar-refractivity contribution < 1.29 is 4.79 Å². The lowest BCUT2D eigenvalue weighted by Crippen LogP contribution is -2.35. The molecule has 25 heavy (non-hydrogen) atoms. The maximum Gasteiger partial charge on any atom is 0.121 e. The monoisotopic (exact) mass is 332 g/mol. The first-order chi connectivity index (χ1) is 12.4. The third-order valence-electron chi connectivity index (χ3n) is 4.89. The number of hydrogen-bond donors (Lipinski definition) is 0. The third-order valence-corrected chi connectivity index (χ3v) is 4.89. The molecule has 1 aliphatic rings. The highest BCUT2D eigenvalue weighted by Gasteiger charge is 2.28. The van der Waals surface area contributed by atoms with Crippen molar-refractivity contribution in [3.63, 3.8) is 0 Å². The maximum absolute atomic E-state index is 10.2. The van der Waals surface area contributed by atoms with E-state index in [-0.39, 0.29) is 0 Å². The number of nitrogens with zero attached hydrogens (tertiary/aromatic N) is 2. The lowest BCUT2D eigenvalue weighted by molar-refractivity contribution is 0.254. The third kappa shape index (κ3) is 4.68. The summed E-state index contributed by atoms with van der Waals surface area (Å²) in [7, 11) is 0. The van der Waals surface area contributed by atoms with Crippen molar-refractivity contribution in [2.45, 2.75) is 18.8 Å². The maximum atomic E-state index is 10.2. The summed E-state index contributed by atoms with van der Waals surface area (Å²) in [6.45, 7) is 2.43. The summed E-state index contributed by atoms with van der Waals surface area (Å²) in [6, 6.07) is 21.7. The van der Waals surface area contributed by atoms with Gasteiger partial charge in [0.25, 0.3) is 0 Å². The SMILES string of the molecule is O=C=CCN=CN1CCC(C(c2ccccc2)c2ccccc2)CC1. The van der Waals surface area contributed by atoms with Crippen LogP contribution in [0.3, 0.4) is 0 Å². The predicted octanol–water partition coefficient (Wildman–Crippen LogP) is 3.95. The largest absolute Gasteiger partial charge is 0.363 e. The summed E-state index contributed by atoms with van der Waals surface area (Å²) in [6.07, 6.45) is 5.57. The zero-order valence-corrected chi connectivity index (χ0v) is 14.4. The molecule has 1 saturated heterocycles. The first-order valence-corrected chi connectivity index (χ1v) is 8.91. The Kier molecular flexibility index (Phi) is 6.19. The molecule has 0 atom stereocenters. The molecule has 3 heteroatoms. The van der Waals surface area contributed by atoms with Crippen molar-refractivity contribution in [1.82, 2.24) is 4.90 Å². The highest BCUT2D eigenvalue weighted by molar-refractivity contribution is 5.56. The molecule has 0 spiro atoms. The van der Waals surface area contributed by atoms with Crippen LogP contribution in [0.1, 0.15) is 29.9 Å². The number of carbonyl (C=O) groups excluding carboxylic acids is 1. The van der Waals surface area contributed by atoms with E-state index in [0.717, 1.165) is 25.9 Å². The van der Waals surface area contributed by atoms with Crippen molar-refractivity contribution in [3.05, 3.63) is 77.9 Å². The predicted molar refractivity (Wildman–Crippen MR) is 103 cm³/mol. The van der Waals surface area contributed by atoms with E-state index in [2.05, 4.69) is 70.6 Å². The molecule has 0 aromatic heterocycles. The van der Waals surface area contributed by atoms with Crippen LogP contribution in [0.4, 0.5) is 0 Å². The van der Waals surface area contributed by atoms with Crippen molar-refractivity contribution in [2.24, 2.45) is 10.9 Å². The highest BCUT2D eigenvalue weighted by atomic mass is 16.1. The molecule has 1 heterocycles. The average Bonchev–Trinajstić information content (AvgIpc) is 2.68. The number of piperidine rings is 1. The molecule has 3 nitrogen and oxygen atoms in total. The second kappa shape index (κ2) is 9.00. The topological polar surface area (TPSA) is 32.7 Å². The number of benzene rings is 2. The van der Waals surface area contributed by atoms with Crippen molar-refractivity contribution in [1.29, 1.82) is 0 Å². The minimum absolute atomic E-state index is 0.417. The van der Waals surface area contributed by atoms with Gasteiger partial charge in [0.15, 0.2) is 0 Å². The zero-order valence-electron chi connectivity index (χ0n) is 14.4. The van der Waals surface area contributed by atoms with Crippen LogP contribution in [0.15, 0.2) is 71.7 Å². The molecule has 0 aliphatic carbocycles. The quantitative estimate of drug-likeness (QED) is 0.456.